The predicted molar refractivity (Wildman–Crippen MR) is 179 cm³/mol. The minimum Gasteiger partial charge on any atom is -0.305 e. The van der Waals surface area contributed by atoms with Crippen molar-refractivity contribution in [1.82, 2.24) is 9.97 Å². The number of aromatic nitrogens is 2. The minimum atomic E-state index is -1.24. The topological polar surface area (TPSA) is 25.8 Å². The summed E-state index contributed by atoms with van der Waals surface area (Å²) < 4.78 is 0. The number of aryl methyl sites for hydroxylation is 1. The molecule has 0 bridgehead atoms. The van der Waals surface area contributed by atoms with Crippen molar-refractivity contribution in [3.8, 4) is 33.6 Å². The van der Waals surface area contributed by atoms with Gasteiger partial charge in [0.25, 0.3) is 0 Å². The molecule has 0 fully saturated rings. The Kier molecular flexibility index (Phi) is 11.1. The summed E-state index contributed by atoms with van der Waals surface area (Å²) in [6.45, 7) is 9.08. The molecule has 217 valence electrons. The molecule has 0 aliphatic carbocycles. The summed E-state index contributed by atoms with van der Waals surface area (Å²) in [6.07, 6.45) is 4.90. The zero-order valence-electron chi connectivity index (χ0n) is 25.1. The van der Waals surface area contributed by atoms with Crippen LogP contribution in [0.5, 0.6) is 0 Å². The third-order valence-corrected chi connectivity index (χ3v) is 9.20. The Morgan fingerprint density at radius 2 is 1.33 bits per heavy atom. The largest absolute Gasteiger partial charge is 0.305 e. The Hall–Kier alpha value is -3.95. The zero-order valence-corrected chi connectivity index (χ0v) is 28.5. The van der Waals surface area contributed by atoms with E-state index in [1.54, 1.807) is 0 Å². The first kappa shape index (κ1) is 32.0. The molecule has 1 radical (unpaired) electrons. The van der Waals surface area contributed by atoms with Gasteiger partial charge in [-0.25, -0.2) is 0 Å². The van der Waals surface area contributed by atoms with Gasteiger partial charge in [-0.05, 0) is 39.7 Å². The first-order chi connectivity index (χ1) is 20.4. The molecule has 0 atom stereocenters. The third-order valence-electron chi connectivity index (χ3n) is 7.17. The summed E-state index contributed by atoms with van der Waals surface area (Å²) in [5.74, 6) is 0. The Bertz CT molecular complexity index is 1700. The summed E-state index contributed by atoms with van der Waals surface area (Å²) in [5.41, 5.74) is 10.3. The molecule has 43 heavy (non-hydrogen) atoms. The summed E-state index contributed by atoms with van der Waals surface area (Å²) in [7, 11) is -1.24. The van der Waals surface area contributed by atoms with Gasteiger partial charge >= 0.3 is 0 Å². The summed E-state index contributed by atoms with van der Waals surface area (Å²) in [4.78, 5) is 9.24. The van der Waals surface area contributed by atoms with Gasteiger partial charge in [-0.3, -0.25) is 0 Å². The van der Waals surface area contributed by atoms with E-state index in [1.165, 1.54) is 33.0 Å². The maximum atomic E-state index is 4.70. The number of pyridine rings is 2. The van der Waals surface area contributed by atoms with Gasteiger partial charge in [0, 0.05) is 38.1 Å². The van der Waals surface area contributed by atoms with Gasteiger partial charge in [0.2, 0.25) is 0 Å². The van der Waals surface area contributed by atoms with E-state index in [0.717, 1.165) is 28.9 Å². The first-order valence-electron chi connectivity index (χ1n) is 14.4. The molecule has 0 aliphatic heterocycles. The summed E-state index contributed by atoms with van der Waals surface area (Å²) >= 11 is 0. The van der Waals surface area contributed by atoms with Gasteiger partial charge in [0.1, 0.15) is 0 Å². The van der Waals surface area contributed by atoms with Crippen molar-refractivity contribution in [3.05, 3.63) is 163 Å². The second kappa shape index (κ2) is 15.0. The molecule has 0 saturated heterocycles. The van der Waals surface area contributed by atoms with Gasteiger partial charge in [0.05, 0.1) is 8.07 Å². The monoisotopic (exact) mass is 753 g/mol. The zero-order chi connectivity index (χ0) is 29.4. The SMILES string of the molecule is Cc1c[c-]c(-c2ccc([Si](C)(C)C)cn2)cc1.[Ir].[c-]1ccccc1-c1cc(Cc2ccccc2)c(-c2ccccc2)cn1. The molecule has 0 N–H and O–H groups in total. The average Bonchev–Trinajstić information content (AvgIpc) is 3.03. The van der Waals surface area contributed by atoms with E-state index in [-0.39, 0.29) is 20.1 Å². The number of nitrogens with zero attached hydrogens (tertiary/aromatic N) is 2. The average molecular weight is 753 g/mol. The Morgan fingerprint density at radius 3 is 1.93 bits per heavy atom. The fourth-order valence-electron chi connectivity index (χ4n) is 4.70. The van der Waals surface area contributed by atoms with Crippen molar-refractivity contribution in [1.29, 1.82) is 0 Å². The van der Waals surface area contributed by atoms with E-state index in [1.807, 2.05) is 42.7 Å². The normalized spacial score (nSPS) is 10.7. The first-order valence-corrected chi connectivity index (χ1v) is 17.9. The second-order valence-corrected chi connectivity index (χ2v) is 16.6. The van der Waals surface area contributed by atoms with Crippen LogP contribution in [0.15, 0.2) is 134 Å². The number of hydrogen-bond donors (Lipinski definition) is 0. The van der Waals surface area contributed by atoms with Crippen LogP contribution in [-0.4, -0.2) is 18.0 Å². The molecule has 6 rings (SSSR count). The molecule has 0 amide bonds. The third kappa shape index (κ3) is 8.78. The van der Waals surface area contributed by atoms with Crippen LogP contribution < -0.4 is 5.19 Å². The maximum absolute atomic E-state index is 4.70. The van der Waals surface area contributed by atoms with Crippen LogP contribution in [-0.2, 0) is 26.5 Å². The Balaban J connectivity index is 0.000000207. The molecule has 2 aromatic heterocycles. The van der Waals surface area contributed by atoms with Crippen LogP contribution in [0.4, 0.5) is 0 Å². The molecule has 0 aliphatic rings. The van der Waals surface area contributed by atoms with Crippen LogP contribution in [0.3, 0.4) is 0 Å². The van der Waals surface area contributed by atoms with Crippen molar-refractivity contribution < 1.29 is 20.1 Å². The Labute approximate surface area is 271 Å². The minimum absolute atomic E-state index is 0. The molecular formula is C39H36IrN2Si-2. The standard InChI is InChI=1S/C24H18N.C15H18NSi.Ir/c1-4-10-19(11-5-1)16-22-17-24(21-14-8-3-9-15-21)25-18-23(22)20-12-6-2-7-13-20;1-12-5-7-13(8-6-12)15-10-9-14(11-16-15)17(2,3)4;/h1-14,17-18H,16H2;5-7,9-11H,1-4H3;/q2*-1;. The van der Waals surface area contributed by atoms with E-state index >= 15 is 0 Å². The maximum Gasteiger partial charge on any atom is 0.0795 e. The second-order valence-electron chi connectivity index (χ2n) is 11.5. The van der Waals surface area contributed by atoms with E-state index < -0.39 is 8.07 Å². The van der Waals surface area contributed by atoms with Gasteiger partial charge < -0.3 is 9.97 Å². The van der Waals surface area contributed by atoms with Crippen LogP contribution >= 0.6 is 0 Å². The van der Waals surface area contributed by atoms with Crippen molar-refractivity contribution in [2.24, 2.45) is 0 Å². The molecule has 0 spiro atoms. The smallest absolute Gasteiger partial charge is 0.0795 e. The van der Waals surface area contributed by atoms with Crippen molar-refractivity contribution in [2.45, 2.75) is 33.0 Å². The molecule has 2 nitrogen and oxygen atoms in total. The molecule has 0 unspecified atom stereocenters. The van der Waals surface area contributed by atoms with E-state index in [9.17, 15) is 0 Å². The molecule has 4 heteroatoms. The van der Waals surface area contributed by atoms with Crippen molar-refractivity contribution in [2.75, 3.05) is 0 Å². The van der Waals surface area contributed by atoms with Crippen LogP contribution in [0.25, 0.3) is 33.6 Å². The quantitative estimate of drug-likeness (QED) is 0.125. The van der Waals surface area contributed by atoms with Gasteiger partial charge in [-0.1, -0.05) is 105 Å². The molecule has 0 saturated carbocycles. The van der Waals surface area contributed by atoms with Crippen LogP contribution in [0.1, 0.15) is 16.7 Å². The van der Waals surface area contributed by atoms with Crippen LogP contribution in [0.2, 0.25) is 19.6 Å². The number of hydrogen-bond acceptors (Lipinski definition) is 2. The fraction of sp³-hybridized carbons (Fsp3) is 0.128. The van der Waals surface area contributed by atoms with Crippen molar-refractivity contribution in [3.63, 3.8) is 0 Å². The fourth-order valence-corrected chi connectivity index (χ4v) is 5.73. The van der Waals surface area contributed by atoms with Crippen molar-refractivity contribution >= 4 is 13.3 Å². The van der Waals surface area contributed by atoms with Gasteiger partial charge in [0.15, 0.2) is 0 Å². The van der Waals surface area contributed by atoms with E-state index in [4.69, 9.17) is 4.98 Å². The summed E-state index contributed by atoms with van der Waals surface area (Å²) in [5, 5.41) is 1.40. The molecular weight excluding hydrogens is 717 g/mol. The van der Waals surface area contributed by atoms with Crippen LogP contribution in [0, 0.1) is 19.1 Å². The summed E-state index contributed by atoms with van der Waals surface area (Å²) in [6, 6.07) is 48.2. The predicted octanol–water partition coefficient (Wildman–Crippen LogP) is 9.21. The Morgan fingerprint density at radius 1 is 0.651 bits per heavy atom. The number of rotatable bonds is 6. The van der Waals surface area contributed by atoms with Gasteiger partial charge in [-0.15, -0.1) is 71.3 Å². The van der Waals surface area contributed by atoms with Gasteiger partial charge in [-0.2, -0.15) is 0 Å². The molecule has 6 aromatic rings. The molecule has 2 heterocycles. The van der Waals surface area contributed by atoms with E-state index in [0.29, 0.717) is 0 Å². The number of benzene rings is 4. The molecule has 4 aromatic carbocycles. The van der Waals surface area contributed by atoms with E-state index in [2.05, 4.69) is 135 Å².